The summed E-state index contributed by atoms with van der Waals surface area (Å²) < 4.78 is 2.27. The number of benzene rings is 1. The van der Waals surface area contributed by atoms with Crippen molar-refractivity contribution in [3.05, 3.63) is 54.1 Å². The van der Waals surface area contributed by atoms with Crippen molar-refractivity contribution < 1.29 is 9.59 Å². The number of carbonyl (C=O) groups excluding carboxylic acids is 2. The maximum absolute atomic E-state index is 13.1. The molecule has 0 spiro atoms. The highest BCUT2D eigenvalue weighted by Gasteiger charge is 2.31. The first kappa shape index (κ1) is 20.1. The minimum absolute atomic E-state index is 0.0158. The van der Waals surface area contributed by atoms with Gasteiger partial charge in [-0.05, 0) is 36.6 Å². The lowest BCUT2D eigenvalue weighted by molar-refractivity contribution is -0.114. The molecular weight excluding hydrogens is 378 g/mol. The molecule has 1 atom stereocenters. The topological polar surface area (TPSA) is 80.1 Å². The third-order valence-corrected chi connectivity index (χ3v) is 5.40. The molecule has 1 fully saturated rings. The number of likely N-dealkylation sites (tertiary alicyclic amines) is 1. The van der Waals surface area contributed by atoms with Gasteiger partial charge < -0.3 is 14.8 Å². The van der Waals surface area contributed by atoms with Crippen molar-refractivity contribution in [2.45, 2.75) is 39.7 Å². The van der Waals surface area contributed by atoms with Crippen molar-refractivity contribution in [3.8, 4) is 0 Å². The van der Waals surface area contributed by atoms with Gasteiger partial charge in [-0.2, -0.15) is 0 Å². The lowest BCUT2D eigenvalue weighted by atomic mass is 10.1. The molecule has 0 aliphatic carbocycles. The minimum atomic E-state index is -0.153. The monoisotopic (exact) mass is 405 g/mol. The Kier molecular flexibility index (Phi) is 5.53. The Morgan fingerprint density at radius 1 is 1.27 bits per heavy atom. The largest absolute Gasteiger partial charge is 0.338 e. The minimum Gasteiger partial charge on any atom is -0.338 e. The van der Waals surface area contributed by atoms with Crippen molar-refractivity contribution >= 4 is 28.5 Å². The van der Waals surface area contributed by atoms with Gasteiger partial charge >= 0.3 is 0 Å². The number of rotatable bonds is 5. The Bertz CT molecular complexity index is 1090. The first-order chi connectivity index (χ1) is 14.4. The fraction of sp³-hybridized carbons (Fsp3) is 0.391. The Balaban J connectivity index is 1.56. The van der Waals surface area contributed by atoms with Gasteiger partial charge in [-0.15, -0.1) is 0 Å². The number of nitrogens with one attached hydrogen (secondary N) is 1. The van der Waals surface area contributed by atoms with Crippen molar-refractivity contribution in [3.63, 3.8) is 0 Å². The highest BCUT2D eigenvalue weighted by Crippen LogP contribution is 2.31. The van der Waals surface area contributed by atoms with Gasteiger partial charge in [0.15, 0.2) is 0 Å². The molecule has 7 nitrogen and oxygen atoms in total. The zero-order valence-electron chi connectivity index (χ0n) is 17.6. The summed E-state index contributed by atoms with van der Waals surface area (Å²) in [5.41, 5.74) is 3.22. The third-order valence-electron chi connectivity index (χ3n) is 5.40. The van der Waals surface area contributed by atoms with E-state index in [0.717, 1.165) is 29.8 Å². The Labute approximate surface area is 176 Å². The highest BCUT2D eigenvalue weighted by molar-refractivity contribution is 5.97. The summed E-state index contributed by atoms with van der Waals surface area (Å²) in [5, 5.41) is 2.74. The summed E-state index contributed by atoms with van der Waals surface area (Å²) in [5.74, 6) is 1.54. The number of fused-ring (bicyclic) bond motifs is 1. The molecule has 30 heavy (non-hydrogen) atoms. The van der Waals surface area contributed by atoms with Crippen LogP contribution in [0.4, 0.5) is 5.69 Å². The van der Waals surface area contributed by atoms with E-state index in [9.17, 15) is 9.59 Å². The van der Waals surface area contributed by atoms with E-state index in [1.165, 1.54) is 6.92 Å². The summed E-state index contributed by atoms with van der Waals surface area (Å²) in [4.78, 5) is 35.4. The lowest BCUT2D eigenvalue weighted by Crippen LogP contribution is -2.29. The third kappa shape index (κ3) is 4.06. The maximum Gasteiger partial charge on any atom is 0.253 e. The van der Waals surface area contributed by atoms with Crippen molar-refractivity contribution in [2.75, 3.05) is 18.4 Å². The Morgan fingerprint density at radius 3 is 2.87 bits per heavy atom. The van der Waals surface area contributed by atoms with Crippen LogP contribution >= 0.6 is 0 Å². The van der Waals surface area contributed by atoms with E-state index < -0.39 is 0 Å². The van der Waals surface area contributed by atoms with E-state index in [2.05, 4.69) is 28.7 Å². The highest BCUT2D eigenvalue weighted by atomic mass is 16.2. The van der Waals surface area contributed by atoms with Crippen LogP contribution in [-0.4, -0.2) is 44.3 Å². The van der Waals surface area contributed by atoms with Gasteiger partial charge in [0.25, 0.3) is 5.91 Å². The number of hydrogen-bond donors (Lipinski definition) is 1. The molecule has 2 aromatic heterocycles. The second-order valence-corrected chi connectivity index (χ2v) is 8.34. The van der Waals surface area contributed by atoms with Gasteiger partial charge in [0.1, 0.15) is 5.82 Å². The van der Waals surface area contributed by atoms with Crippen molar-refractivity contribution in [1.82, 2.24) is 19.4 Å². The molecule has 1 aliphatic heterocycles. The molecule has 0 saturated carbocycles. The average molecular weight is 406 g/mol. The van der Waals surface area contributed by atoms with Crippen LogP contribution in [0, 0.1) is 5.92 Å². The van der Waals surface area contributed by atoms with Crippen molar-refractivity contribution in [2.24, 2.45) is 5.92 Å². The molecule has 4 rings (SSSR count). The quantitative estimate of drug-likeness (QED) is 0.702. The number of aromatic nitrogens is 3. The summed E-state index contributed by atoms with van der Waals surface area (Å²) in [6.07, 6.45) is 4.52. The van der Waals surface area contributed by atoms with Gasteiger partial charge in [0.05, 0.1) is 17.2 Å². The summed E-state index contributed by atoms with van der Waals surface area (Å²) >= 11 is 0. The second kappa shape index (κ2) is 8.26. The number of amides is 2. The number of imidazole rings is 1. The van der Waals surface area contributed by atoms with Crippen LogP contribution in [-0.2, 0) is 11.3 Å². The number of anilines is 1. The molecule has 156 valence electrons. The molecule has 1 aliphatic rings. The zero-order chi connectivity index (χ0) is 21.3. The zero-order valence-corrected chi connectivity index (χ0v) is 17.6. The van der Waals surface area contributed by atoms with Gasteiger partial charge in [0, 0.05) is 49.9 Å². The molecular formula is C23H27N5O2. The van der Waals surface area contributed by atoms with Crippen LogP contribution in [0.5, 0.6) is 0 Å². The van der Waals surface area contributed by atoms with E-state index in [1.54, 1.807) is 30.5 Å². The molecule has 0 radical (unpaired) electrons. The average Bonchev–Trinajstić information content (AvgIpc) is 3.32. The SMILES string of the molecule is CC(=O)Nc1cccc(C(=O)N2CCC(c3nc4ccncc4n3CC(C)C)C2)c1. The molecule has 2 amide bonds. The number of pyridine rings is 1. The molecule has 7 heteroatoms. The predicted octanol–water partition coefficient (Wildman–Crippen LogP) is 3.68. The van der Waals surface area contributed by atoms with Crippen molar-refractivity contribution in [1.29, 1.82) is 0 Å². The van der Waals surface area contributed by atoms with Gasteiger partial charge in [-0.25, -0.2) is 4.98 Å². The van der Waals surface area contributed by atoms with Crippen LogP contribution in [0.3, 0.4) is 0 Å². The van der Waals surface area contributed by atoms with Crippen LogP contribution < -0.4 is 5.32 Å². The molecule has 1 aromatic carbocycles. The van der Waals surface area contributed by atoms with Gasteiger partial charge in [-0.1, -0.05) is 19.9 Å². The normalized spacial score (nSPS) is 16.4. The number of carbonyl (C=O) groups is 2. The number of hydrogen-bond acceptors (Lipinski definition) is 4. The standard InChI is InChI=1S/C23H27N5O2/c1-15(2)13-28-21-12-24-9-7-20(21)26-22(28)18-8-10-27(14-18)23(30)17-5-4-6-19(11-17)25-16(3)29/h4-7,9,11-12,15,18H,8,10,13-14H2,1-3H3,(H,25,29). The number of nitrogens with zero attached hydrogens (tertiary/aromatic N) is 4. The van der Waals surface area contributed by atoms with E-state index in [4.69, 9.17) is 4.98 Å². The molecule has 1 unspecified atom stereocenters. The first-order valence-electron chi connectivity index (χ1n) is 10.4. The molecule has 3 aromatic rings. The van der Waals surface area contributed by atoms with E-state index in [-0.39, 0.29) is 17.7 Å². The van der Waals surface area contributed by atoms with E-state index in [1.807, 2.05) is 17.2 Å². The van der Waals surface area contributed by atoms with E-state index >= 15 is 0 Å². The lowest BCUT2D eigenvalue weighted by Gasteiger charge is -2.18. The summed E-state index contributed by atoms with van der Waals surface area (Å²) in [6.45, 7) is 8.05. The van der Waals surface area contributed by atoms with Crippen LogP contribution in [0.25, 0.3) is 11.0 Å². The van der Waals surface area contributed by atoms with Crippen LogP contribution in [0.1, 0.15) is 49.3 Å². The fourth-order valence-electron chi connectivity index (χ4n) is 4.13. The van der Waals surface area contributed by atoms with Crippen LogP contribution in [0.2, 0.25) is 0 Å². The van der Waals surface area contributed by atoms with Gasteiger partial charge in [-0.3, -0.25) is 14.6 Å². The Hall–Kier alpha value is -3.22. The Morgan fingerprint density at radius 2 is 2.10 bits per heavy atom. The van der Waals surface area contributed by atoms with Crippen LogP contribution in [0.15, 0.2) is 42.7 Å². The molecule has 0 bridgehead atoms. The molecule has 1 saturated heterocycles. The van der Waals surface area contributed by atoms with E-state index in [0.29, 0.717) is 30.3 Å². The fourth-order valence-corrected chi connectivity index (χ4v) is 4.13. The maximum atomic E-state index is 13.1. The smallest absolute Gasteiger partial charge is 0.253 e. The summed E-state index contributed by atoms with van der Waals surface area (Å²) in [7, 11) is 0. The second-order valence-electron chi connectivity index (χ2n) is 8.34. The summed E-state index contributed by atoms with van der Waals surface area (Å²) in [6, 6.07) is 9.05. The van der Waals surface area contributed by atoms with Gasteiger partial charge in [0.2, 0.25) is 5.91 Å². The molecule has 1 N–H and O–H groups in total. The first-order valence-corrected chi connectivity index (χ1v) is 10.4. The predicted molar refractivity (Wildman–Crippen MR) is 116 cm³/mol. The molecule has 3 heterocycles.